The van der Waals surface area contributed by atoms with Crippen LogP contribution in [0.5, 0.6) is 5.75 Å². The summed E-state index contributed by atoms with van der Waals surface area (Å²) < 4.78 is 12.8. The highest BCUT2D eigenvalue weighted by Crippen LogP contribution is 2.29. The van der Waals surface area contributed by atoms with Crippen LogP contribution in [0.15, 0.2) is 36.5 Å². The van der Waals surface area contributed by atoms with Gasteiger partial charge in [-0.1, -0.05) is 18.1 Å². The van der Waals surface area contributed by atoms with E-state index in [0.29, 0.717) is 17.9 Å². The van der Waals surface area contributed by atoms with Crippen LogP contribution in [0.25, 0.3) is 11.3 Å². The van der Waals surface area contributed by atoms with E-state index >= 15 is 0 Å². The number of hydrogen-bond acceptors (Lipinski definition) is 5. The number of benzene rings is 2. The first kappa shape index (κ1) is 20.3. The Hall–Kier alpha value is -3.56. The summed E-state index contributed by atoms with van der Waals surface area (Å²) in [4.78, 5) is 19.1. The second kappa shape index (κ2) is 8.18. The lowest BCUT2D eigenvalue weighted by Gasteiger charge is -2.27. The van der Waals surface area contributed by atoms with Crippen molar-refractivity contribution in [1.82, 2.24) is 14.5 Å². The normalized spacial score (nSPS) is 15.1. The average Bonchev–Trinajstić information content (AvgIpc) is 3.41. The van der Waals surface area contributed by atoms with Crippen LogP contribution in [0.4, 0.5) is 0 Å². The molecule has 3 heterocycles. The highest BCUT2D eigenvalue weighted by Gasteiger charge is 2.24. The Morgan fingerprint density at radius 2 is 2.12 bits per heavy atom. The second-order valence-corrected chi connectivity index (χ2v) is 8.27. The number of methoxy groups -OCH3 is 1. The molecule has 2 aromatic carbocycles. The van der Waals surface area contributed by atoms with Crippen LogP contribution >= 0.6 is 0 Å². The van der Waals surface area contributed by atoms with Crippen LogP contribution < -0.4 is 4.74 Å². The molecule has 0 amide bonds. The first-order valence-electron chi connectivity index (χ1n) is 10.8. The van der Waals surface area contributed by atoms with E-state index in [1.165, 1.54) is 11.1 Å². The molecule has 0 fully saturated rings. The number of hydrogen-bond donors (Lipinski definition) is 0. The molecular formula is C26H25N3O3. The minimum atomic E-state index is -0.208. The highest BCUT2D eigenvalue weighted by molar-refractivity contribution is 5.93. The van der Waals surface area contributed by atoms with Crippen molar-refractivity contribution in [2.75, 3.05) is 20.2 Å². The molecule has 0 atom stereocenters. The molecule has 2 aliphatic heterocycles. The molecule has 32 heavy (non-hydrogen) atoms. The first-order valence-corrected chi connectivity index (χ1v) is 10.8. The lowest BCUT2D eigenvalue weighted by molar-refractivity contribution is 0.0535. The summed E-state index contributed by atoms with van der Waals surface area (Å²) in [5.41, 5.74) is 6.88. The van der Waals surface area contributed by atoms with Crippen molar-refractivity contribution in [3.05, 3.63) is 70.2 Å². The summed E-state index contributed by atoms with van der Waals surface area (Å²) in [5, 5.41) is 0. The molecule has 3 aromatic rings. The number of terminal acetylenes is 1. The molecule has 0 aliphatic carbocycles. The average molecular weight is 428 g/mol. The number of rotatable bonds is 5. The Morgan fingerprint density at radius 1 is 1.25 bits per heavy atom. The Labute approximate surface area is 187 Å². The number of imidazole rings is 1. The third kappa shape index (κ3) is 3.55. The topological polar surface area (TPSA) is 56.6 Å². The molecule has 2 aliphatic rings. The zero-order valence-corrected chi connectivity index (χ0v) is 18.4. The van der Waals surface area contributed by atoms with Crippen LogP contribution in [0, 0.1) is 19.3 Å². The number of aromatic nitrogens is 2. The number of carbonyl (C=O) groups is 1. The molecule has 162 valence electrons. The third-order valence-corrected chi connectivity index (χ3v) is 6.51. The minimum Gasteiger partial charge on any atom is -0.495 e. The van der Waals surface area contributed by atoms with Gasteiger partial charge in [-0.05, 0) is 42.7 Å². The van der Waals surface area contributed by atoms with Gasteiger partial charge in [0.2, 0.25) is 0 Å². The van der Waals surface area contributed by atoms with Gasteiger partial charge in [-0.25, -0.2) is 9.78 Å². The Morgan fingerprint density at radius 3 is 2.94 bits per heavy atom. The fourth-order valence-electron chi connectivity index (χ4n) is 4.55. The zero-order valence-electron chi connectivity index (χ0n) is 18.4. The van der Waals surface area contributed by atoms with Gasteiger partial charge in [0.25, 0.3) is 0 Å². The number of nitrogens with zero attached hydrogens (tertiary/aromatic N) is 3. The monoisotopic (exact) mass is 427 g/mol. The molecule has 5 rings (SSSR count). The van der Waals surface area contributed by atoms with Crippen molar-refractivity contribution in [3.63, 3.8) is 0 Å². The summed E-state index contributed by atoms with van der Waals surface area (Å²) in [7, 11) is 1.63. The SMILES string of the molecule is C#Cc1ccc(-c2cn3c(n2)CN(CCc2ccc4c(c2C)COC4=O)CC3)cc1OC. The predicted octanol–water partition coefficient (Wildman–Crippen LogP) is 3.58. The molecule has 0 radical (unpaired) electrons. The van der Waals surface area contributed by atoms with E-state index in [4.69, 9.17) is 20.9 Å². The van der Waals surface area contributed by atoms with Gasteiger partial charge in [-0.15, -0.1) is 6.42 Å². The van der Waals surface area contributed by atoms with Gasteiger partial charge < -0.3 is 14.0 Å². The lowest BCUT2D eigenvalue weighted by Crippen LogP contribution is -2.35. The van der Waals surface area contributed by atoms with E-state index in [0.717, 1.165) is 60.8 Å². The van der Waals surface area contributed by atoms with Gasteiger partial charge in [0.15, 0.2) is 0 Å². The van der Waals surface area contributed by atoms with E-state index in [9.17, 15) is 4.79 Å². The zero-order chi connectivity index (χ0) is 22.2. The number of ether oxygens (including phenoxy) is 2. The lowest BCUT2D eigenvalue weighted by atomic mass is 9.96. The largest absolute Gasteiger partial charge is 0.495 e. The second-order valence-electron chi connectivity index (χ2n) is 8.27. The fourth-order valence-corrected chi connectivity index (χ4v) is 4.55. The van der Waals surface area contributed by atoms with Crippen LogP contribution in [0.3, 0.4) is 0 Å². The van der Waals surface area contributed by atoms with Crippen LogP contribution in [0.1, 0.15) is 38.4 Å². The maximum atomic E-state index is 11.8. The molecule has 0 saturated carbocycles. The number of carbonyl (C=O) groups excluding carboxylic acids is 1. The predicted molar refractivity (Wildman–Crippen MR) is 121 cm³/mol. The molecule has 0 saturated heterocycles. The minimum absolute atomic E-state index is 0.208. The van der Waals surface area contributed by atoms with E-state index in [1.807, 2.05) is 24.3 Å². The molecular weight excluding hydrogens is 402 g/mol. The van der Waals surface area contributed by atoms with Gasteiger partial charge >= 0.3 is 5.97 Å². The van der Waals surface area contributed by atoms with Crippen molar-refractivity contribution in [3.8, 4) is 29.4 Å². The summed E-state index contributed by atoms with van der Waals surface area (Å²) >= 11 is 0. The van der Waals surface area contributed by atoms with Crippen molar-refractivity contribution >= 4 is 5.97 Å². The summed E-state index contributed by atoms with van der Waals surface area (Å²) in [5.74, 6) is 4.19. The summed E-state index contributed by atoms with van der Waals surface area (Å²) in [6.07, 6.45) is 8.59. The van der Waals surface area contributed by atoms with E-state index < -0.39 is 0 Å². The van der Waals surface area contributed by atoms with Crippen LogP contribution in [-0.4, -0.2) is 40.6 Å². The van der Waals surface area contributed by atoms with Gasteiger partial charge in [-0.2, -0.15) is 0 Å². The van der Waals surface area contributed by atoms with Crippen molar-refractivity contribution in [1.29, 1.82) is 0 Å². The summed E-state index contributed by atoms with van der Waals surface area (Å²) in [6.45, 7) is 6.13. The van der Waals surface area contributed by atoms with Gasteiger partial charge in [0.05, 0.1) is 30.5 Å². The number of fused-ring (bicyclic) bond motifs is 2. The van der Waals surface area contributed by atoms with Crippen molar-refractivity contribution in [2.24, 2.45) is 0 Å². The summed E-state index contributed by atoms with van der Waals surface area (Å²) in [6, 6.07) is 9.82. The molecule has 0 spiro atoms. The molecule has 0 unspecified atom stereocenters. The Balaban J connectivity index is 1.29. The molecule has 6 heteroatoms. The maximum absolute atomic E-state index is 11.8. The van der Waals surface area contributed by atoms with Gasteiger partial charge in [0.1, 0.15) is 18.2 Å². The quantitative estimate of drug-likeness (QED) is 0.460. The van der Waals surface area contributed by atoms with Crippen LogP contribution in [0.2, 0.25) is 0 Å². The number of esters is 1. The smallest absolute Gasteiger partial charge is 0.338 e. The molecule has 0 N–H and O–H groups in total. The van der Waals surface area contributed by atoms with E-state index in [2.05, 4.69) is 34.6 Å². The van der Waals surface area contributed by atoms with Crippen molar-refractivity contribution < 1.29 is 14.3 Å². The van der Waals surface area contributed by atoms with Gasteiger partial charge in [-0.3, -0.25) is 4.90 Å². The van der Waals surface area contributed by atoms with Crippen LogP contribution in [-0.2, 0) is 30.9 Å². The van der Waals surface area contributed by atoms with Gasteiger partial charge in [0, 0.05) is 37.0 Å². The molecule has 0 bridgehead atoms. The number of cyclic esters (lactones) is 1. The Kier molecular flexibility index (Phi) is 5.20. The Bertz CT molecular complexity index is 1250. The third-order valence-electron chi connectivity index (χ3n) is 6.51. The fraction of sp³-hybridized carbons (Fsp3) is 0.308. The highest BCUT2D eigenvalue weighted by atomic mass is 16.5. The maximum Gasteiger partial charge on any atom is 0.338 e. The first-order chi connectivity index (χ1) is 15.6. The van der Waals surface area contributed by atoms with E-state index in [1.54, 1.807) is 7.11 Å². The molecule has 1 aromatic heterocycles. The van der Waals surface area contributed by atoms with E-state index in [-0.39, 0.29) is 5.97 Å². The van der Waals surface area contributed by atoms with Crippen molar-refractivity contribution in [2.45, 2.75) is 33.0 Å². The molecule has 6 nitrogen and oxygen atoms in total. The standard InChI is InChI=1S/C26H25N3O3/c1-4-18-5-6-20(13-24(18)31-3)23-14-29-12-11-28(15-25(29)27-23)10-9-19-7-8-21-22(17(19)2)16-32-26(21)30/h1,5-8,13-14H,9-12,15-16H2,2-3H3.